The van der Waals surface area contributed by atoms with Crippen molar-refractivity contribution in [2.75, 3.05) is 13.6 Å². The minimum atomic E-state index is 0.391. The van der Waals surface area contributed by atoms with E-state index in [0.29, 0.717) is 12.1 Å². The third kappa shape index (κ3) is 2.71. The predicted octanol–water partition coefficient (Wildman–Crippen LogP) is 3.12. The molecular weight excluding hydrogens is 232 g/mol. The lowest BCUT2D eigenvalue weighted by atomic mass is 9.76. The van der Waals surface area contributed by atoms with Crippen molar-refractivity contribution in [2.45, 2.75) is 64.5 Å². The van der Waals surface area contributed by atoms with E-state index < -0.39 is 0 Å². The molecule has 0 radical (unpaired) electrons. The first-order chi connectivity index (χ1) is 9.04. The van der Waals surface area contributed by atoms with Crippen molar-refractivity contribution in [3.05, 3.63) is 0 Å². The van der Waals surface area contributed by atoms with Crippen LogP contribution in [0.5, 0.6) is 0 Å². The maximum Gasteiger partial charge on any atom is 0.0270 e. The van der Waals surface area contributed by atoms with Crippen molar-refractivity contribution in [2.24, 2.45) is 35.3 Å². The van der Waals surface area contributed by atoms with E-state index in [4.69, 9.17) is 5.73 Å². The largest absolute Gasteiger partial charge is 0.326 e. The van der Waals surface area contributed by atoms with Crippen LogP contribution in [0.4, 0.5) is 0 Å². The monoisotopic (exact) mass is 264 g/mol. The SMILES string of the molecule is CC1CC(C)C(N(C)CC2CC3CCC2C3)C(N)C1. The summed E-state index contributed by atoms with van der Waals surface area (Å²) >= 11 is 0. The van der Waals surface area contributed by atoms with Crippen LogP contribution in [0.3, 0.4) is 0 Å². The van der Waals surface area contributed by atoms with Crippen molar-refractivity contribution in [3.63, 3.8) is 0 Å². The Labute approximate surface area is 119 Å². The zero-order valence-electron chi connectivity index (χ0n) is 13.0. The fraction of sp³-hybridized carbons (Fsp3) is 1.00. The molecule has 3 rings (SSSR count). The van der Waals surface area contributed by atoms with Gasteiger partial charge in [-0.2, -0.15) is 0 Å². The lowest BCUT2D eigenvalue weighted by Crippen LogP contribution is -2.54. The van der Waals surface area contributed by atoms with Crippen LogP contribution < -0.4 is 5.73 Å². The van der Waals surface area contributed by atoms with Crippen LogP contribution in [0.2, 0.25) is 0 Å². The molecular formula is C17H32N2. The Morgan fingerprint density at radius 2 is 1.84 bits per heavy atom. The van der Waals surface area contributed by atoms with Gasteiger partial charge in [-0.1, -0.05) is 20.3 Å². The summed E-state index contributed by atoms with van der Waals surface area (Å²) < 4.78 is 0. The van der Waals surface area contributed by atoms with E-state index in [9.17, 15) is 0 Å². The molecule has 2 nitrogen and oxygen atoms in total. The van der Waals surface area contributed by atoms with Crippen molar-refractivity contribution in [1.29, 1.82) is 0 Å². The minimum Gasteiger partial charge on any atom is -0.326 e. The molecule has 0 aromatic carbocycles. The van der Waals surface area contributed by atoms with Gasteiger partial charge in [0.05, 0.1) is 0 Å². The Morgan fingerprint density at radius 1 is 1.05 bits per heavy atom. The molecule has 3 saturated carbocycles. The highest BCUT2D eigenvalue weighted by molar-refractivity contribution is 4.95. The molecule has 7 atom stereocenters. The van der Waals surface area contributed by atoms with E-state index in [1.807, 2.05) is 0 Å². The zero-order valence-corrected chi connectivity index (χ0v) is 13.0. The lowest BCUT2D eigenvalue weighted by Gasteiger charge is -2.44. The van der Waals surface area contributed by atoms with Crippen molar-refractivity contribution < 1.29 is 0 Å². The highest BCUT2D eigenvalue weighted by Crippen LogP contribution is 2.48. The highest BCUT2D eigenvalue weighted by Gasteiger charge is 2.41. The summed E-state index contributed by atoms with van der Waals surface area (Å²) in [6.07, 6.45) is 8.63. The summed E-state index contributed by atoms with van der Waals surface area (Å²) in [6.45, 7) is 6.08. The maximum absolute atomic E-state index is 6.47. The standard InChI is InChI=1S/C17H32N2/c1-11-6-12(2)17(16(18)7-11)19(3)10-15-9-13-4-5-14(15)8-13/h11-17H,4-10,18H2,1-3H3. The zero-order chi connectivity index (χ0) is 13.6. The first-order valence-corrected chi connectivity index (χ1v) is 8.50. The van der Waals surface area contributed by atoms with Gasteiger partial charge in [0, 0.05) is 18.6 Å². The summed E-state index contributed by atoms with van der Waals surface area (Å²) in [5.74, 6) is 4.67. The van der Waals surface area contributed by atoms with Crippen LogP contribution in [0.25, 0.3) is 0 Å². The Hall–Kier alpha value is -0.0800. The van der Waals surface area contributed by atoms with E-state index >= 15 is 0 Å². The van der Waals surface area contributed by atoms with E-state index in [-0.39, 0.29) is 0 Å². The molecule has 2 bridgehead atoms. The van der Waals surface area contributed by atoms with Crippen LogP contribution in [0.1, 0.15) is 52.4 Å². The molecule has 0 amide bonds. The molecule has 0 heterocycles. The quantitative estimate of drug-likeness (QED) is 0.848. The normalized spacial score (nSPS) is 50.1. The number of nitrogens with two attached hydrogens (primary N) is 1. The molecule has 7 unspecified atom stereocenters. The number of likely N-dealkylation sites (N-methyl/N-ethyl adjacent to an activating group) is 1. The maximum atomic E-state index is 6.47. The van der Waals surface area contributed by atoms with E-state index in [1.54, 1.807) is 0 Å². The molecule has 2 N–H and O–H groups in total. The number of fused-ring (bicyclic) bond motifs is 2. The third-order valence-corrected chi connectivity index (χ3v) is 6.39. The van der Waals surface area contributed by atoms with Crippen LogP contribution in [-0.2, 0) is 0 Å². The van der Waals surface area contributed by atoms with Gasteiger partial charge in [-0.15, -0.1) is 0 Å². The predicted molar refractivity (Wildman–Crippen MR) is 80.9 cm³/mol. The average molecular weight is 264 g/mol. The Morgan fingerprint density at radius 3 is 2.42 bits per heavy atom. The topological polar surface area (TPSA) is 29.3 Å². The summed E-state index contributed by atoms with van der Waals surface area (Å²) in [7, 11) is 2.34. The fourth-order valence-corrected chi connectivity index (χ4v) is 5.75. The van der Waals surface area contributed by atoms with E-state index in [1.165, 1.54) is 45.1 Å². The van der Waals surface area contributed by atoms with Gasteiger partial charge in [-0.05, 0) is 68.7 Å². The van der Waals surface area contributed by atoms with Gasteiger partial charge in [0.25, 0.3) is 0 Å². The van der Waals surface area contributed by atoms with Crippen LogP contribution >= 0.6 is 0 Å². The van der Waals surface area contributed by atoms with Crippen LogP contribution in [0, 0.1) is 29.6 Å². The summed E-state index contributed by atoms with van der Waals surface area (Å²) in [5, 5.41) is 0. The molecule has 0 aromatic rings. The van der Waals surface area contributed by atoms with Gasteiger partial charge >= 0.3 is 0 Å². The van der Waals surface area contributed by atoms with Gasteiger partial charge in [-0.3, -0.25) is 0 Å². The summed E-state index contributed by atoms with van der Waals surface area (Å²) in [4.78, 5) is 2.63. The number of hydrogen-bond acceptors (Lipinski definition) is 2. The summed E-state index contributed by atoms with van der Waals surface area (Å²) in [6, 6.07) is 1.01. The van der Waals surface area contributed by atoms with Gasteiger partial charge in [0.2, 0.25) is 0 Å². The second kappa shape index (κ2) is 5.37. The minimum absolute atomic E-state index is 0.391. The average Bonchev–Trinajstić information content (AvgIpc) is 2.89. The number of nitrogens with zero attached hydrogens (tertiary/aromatic N) is 1. The number of rotatable bonds is 3. The smallest absolute Gasteiger partial charge is 0.0270 e. The van der Waals surface area contributed by atoms with Gasteiger partial charge in [-0.25, -0.2) is 0 Å². The molecule has 3 aliphatic carbocycles. The molecule has 110 valence electrons. The lowest BCUT2D eigenvalue weighted by molar-refractivity contribution is 0.0747. The van der Waals surface area contributed by atoms with E-state index in [2.05, 4.69) is 25.8 Å². The molecule has 0 aromatic heterocycles. The third-order valence-electron chi connectivity index (χ3n) is 6.39. The van der Waals surface area contributed by atoms with Gasteiger partial charge in [0.1, 0.15) is 0 Å². The first-order valence-electron chi connectivity index (χ1n) is 8.50. The molecule has 0 aliphatic heterocycles. The summed E-state index contributed by atoms with van der Waals surface area (Å²) in [5.41, 5.74) is 6.47. The second-order valence-corrected chi connectivity index (χ2v) is 8.08. The highest BCUT2D eigenvalue weighted by atomic mass is 15.2. The Kier molecular flexibility index (Phi) is 3.92. The molecule has 3 fully saturated rings. The molecule has 0 spiro atoms. The molecule has 3 aliphatic rings. The van der Waals surface area contributed by atoms with Crippen molar-refractivity contribution in [1.82, 2.24) is 4.90 Å². The molecule has 0 saturated heterocycles. The molecule has 19 heavy (non-hydrogen) atoms. The number of hydrogen-bond donors (Lipinski definition) is 1. The van der Waals surface area contributed by atoms with E-state index in [0.717, 1.165) is 29.6 Å². The van der Waals surface area contributed by atoms with Crippen molar-refractivity contribution in [3.8, 4) is 0 Å². The second-order valence-electron chi connectivity index (χ2n) is 8.08. The molecule has 2 heteroatoms. The van der Waals surface area contributed by atoms with Crippen LogP contribution in [0.15, 0.2) is 0 Å². The van der Waals surface area contributed by atoms with Crippen molar-refractivity contribution >= 4 is 0 Å². The first kappa shape index (κ1) is 13.9. The fourth-order valence-electron chi connectivity index (χ4n) is 5.75. The Balaban J connectivity index is 1.58. The van der Waals surface area contributed by atoms with Gasteiger partial charge in [0.15, 0.2) is 0 Å². The Bertz CT molecular complexity index is 304. The van der Waals surface area contributed by atoms with Crippen LogP contribution in [-0.4, -0.2) is 30.6 Å². The van der Waals surface area contributed by atoms with Gasteiger partial charge < -0.3 is 10.6 Å².